The van der Waals surface area contributed by atoms with Crippen molar-refractivity contribution in [1.29, 1.82) is 0 Å². The lowest BCUT2D eigenvalue weighted by molar-refractivity contribution is 0.315. The summed E-state index contributed by atoms with van der Waals surface area (Å²) < 4.78 is 7.89. The highest BCUT2D eigenvalue weighted by Gasteiger charge is 2.26. The van der Waals surface area contributed by atoms with Gasteiger partial charge in [0.25, 0.3) is 0 Å². The van der Waals surface area contributed by atoms with Crippen LogP contribution < -0.4 is 20.7 Å². The summed E-state index contributed by atoms with van der Waals surface area (Å²) in [7, 11) is 7.96. The minimum atomic E-state index is 0.436. The highest BCUT2D eigenvalue weighted by atomic mass is 35.5. The van der Waals surface area contributed by atoms with Crippen LogP contribution in [0.25, 0.3) is 28.2 Å². The van der Waals surface area contributed by atoms with Crippen molar-refractivity contribution in [2.45, 2.75) is 12.5 Å². The van der Waals surface area contributed by atoms with Gasteiger partial charge in [0.2, 0.25) is 5.95 Å². The Labute approximate surface area is 228 Å². The van der Waals surface area contributed by atoms with Gasteiger partial charge in [-0.1, -0.05) is 42.0 Å². The molecule has 198 valence electrons. The van der Waals surface area contributed by atoms with Crippen LogP contribution in [-0.4, -0.2) is 66.3 Å². The van der Waals surface area contributed by atoms with Crippen molar-refractivity contribution >= 4 is 45.9 Å². The second kappa shape index (κ2) is 11.0. The number of anilines is 3. The lowest BCUT2D eigenvalue weighted by Gasteiger charge is -2.25. The summed E-state index contributed by atoms with van der Waals surface area (Å²) in [6.07, 6.45) is 8.82. The summed E-state index contributed by atoms with van der Waals surface area (Å²) in [6.45, 7) is 2.40. The molecule has 0 amide bonds. The van der Waals surface area contributed by atoms with Crippen molar-refractivity contribution in [3.05, 3.63) is 65.5 Å². The van der Waals surface area contributed by atoms with Crippen LogP contribution in [0.3, 0.4) is 0 Å². The fourth-order valence-electron chi connectivity index (χ4n) is 5.10. The molecule has 0 saturated carbocycles. The van der Waals surface area contributed by atoms with Crippen LogP contribution in [-0.2, 0) is 7.05 Å². The van der Waals surface area contributed by atoms with Gasteiger partial charge in [0.05, 0.1) is 29.7 Å². The number of likely N-dealkylation sites (N-methyl/N-ethyl adjacent to an activating group) is 1. The lowest BCUT2D eigenvalue weighted by Crippen LogP contribution is -2.31. The molecule has 0 bridgehead atoms. The van der Waals surface area contributed by atoms with Crippen molar-refractivity contribution in [3.63, 3.8) is 0 Å². The fraction of sp³-hybridized carbons (Fsp3) is 0.310. The first-order valence-corrected chi connectivity index (χ1v) is 13.1. The Morgan fingerprint density at radius 2 is 2.08 bits per heavy atom. The van der Waals surface area contributed by atoms with E-state index in [9.17, 15) is 0 Å². The average molecular weight is 532 g/mol. The van der Waals surface area contributed by atoms with E-state index in [0.717, 1.165) is 52.9 Å². The molecule has 1 saturated heterocycles. The van der Waals surface area contributed by atoms with Crippen LogP contribution in [0.5, 0.6) is 5.75 Å². The summed E-state index contributed by atoms with van der Waals surface area (Å²) >= 11 is 6.60. The van der Waals surface area contributed by atoms with Gasteiger partial charge in [-0.25, -0.2) is 9.97 Å². The number of fused-ring (bicyclic) bond motifs is 1. The summed E-state index contributed by atoms with van der Waals surface area (Å²) in [5, 5.41) is 4.95. The molecule has 38 heavy (non-hydrogen) atoms. The summed E-state index contributed by atoms with van der Waals surface area (Å²) in [4.78, 5) is 14.0. The topological polar surface area (TPSA) is 84.5 Å². The van der Waals surface area contributed by atoms with Gasteiger partial charge in [-0.15, -0.1) is 0 Å². The maximum absolute atomic E-state index is 6.60. The van der Waals surface area contributed by atoms with E-state index >= 15 is 0 Å². The Morgan fingerprint density at radius 1 is 1.26 bits per heavy atom. The molecule has 1 aliphatic heterocycles. The molecular formula is C29H34ClN7O. The first-order valence-electron chi connectivity index (χ1n) is 12.7. The normalized spacial score (nSPS) is 15.8. The smallest absolute Gasteiger partial charge is 0.227 e. The number of hydrogen-bond donors (Lipinski definition) is 2. The Morgan fingerprint density at radius 3 is 2.82 bits per heavy atom. The molecule has 1 fully saturated rings. The number of ether oxygens (including phenoxy) is 1. The number of rotatable bonds is 8. The zero-order valence-electron chi connectivity index (χ0n) is 22.3. The standard InChI is InChI=1S/C29H34ClN7O/c1-35(2)20-11-13-37(17-20)26-15-27(38-4)24(14-19(26)8-7-12-31)33-29-32-16-23(30)28(34-29)22-18-36(3)25-10-6-5-9-21(22)25/h5-10,14-16,18,20H,11-13,17,31H2,1-4H3,(H,32,33,34)/t20-/m1/s1. The number of nitrogens with one attached hydrogen (secondary N) is 1. The van der Waals surface area contributed by atoms with Crippen molar-refractivity contribution in [3.8, 4) is 17.0 Å². The Hall–Kier alpha value is -3.59. The highest BCUT2D eigenvalue weighted by Crippen LogP contribution is 2.38. The average Bonchev–Trinajstić information content (AvgIpc) is 3.54. The Balaban J connectivity index is 1.52. The minimum absolute atomic E-state index is 0.436. The van der Waals surface area contributed by atoms with Crippen molar-refractivity contribution in [2.75, 3.05) is 51.1 Å². The first kappa shape index (κ1) is 26.0. The first-order chi connectivity index (χ1) is 18.4. The third-order valence-electron chi connectivity index (χ3n) is 7.16. The van der Waals surface area contributed by atoms with E-state index in [-0.39, 0.29) is 0 Å². The molecular weight excluding hydrogens is 498 g/mol. The second-order valence-electron chi connectivity index (χ2n) is 9.79. The molecule has 3 N–H and O–H groups in total. The molecule has 0 spiro atoms. The number of nitrogens with zero attached hydrogens (tertiary/aromatic N) is 5. The van der Waals surface area contributed by atoms with Crippen molar-refractivity contribution in [2.24, 2.45) is 12.8 Å². The van der Waals surface area contributed by atoms with Gasteiger partial charge >= 0.3 is 0 Å². The molecule has 9 heteroatoms. The van der Waals surface area contributed by atoms with Gasteiger partial charge in [0.15, 0.2) is 0 Å². The third-order valence-corrected chi connectivity index (χ3v) is 7.44. The molecule has 1 atom stereocenters. The second-order valence-corrected chi connectivity index (χ2v) is 10.2. The summed E-state index contributed by atoms with van der Waals surface area (Å²) in [5.41, 5.74) is 11.5. The predicted octanol–water partition coefficient (Wildman–Crippen LogP) is 5.15. The maximum Gasteiger partial charge on any atom is 0.227 e. The molecule has 0 radical (unpaired) electrons. The zero-order chi connectivity index (χ0) is 26.8. The Kier molecular flexibility index (Phi) is 7.56. The molecule has 8 nitrogen and oxygen atoms in total. The number of aryl methyl sites for hydroxylation is 1. The van der Waals surface area contributed by atoms with Crippen LogP contribution in [0.4, 0.5) is 17.3 Å². The number of benzene rings is 2. The molecule has 5 rings (SSSR count). The third kappa shape index (κ3) is 5.07. The molecule has 2 aromatic carbocycles. The van der Waals surface area contributed by atoms with Gasteiger partial charge in [-0.2, -0.15) is 0 Å². The molecule has 3 heterocycles. The van der Waals surface area contributed by atoms with Crippen LogP contribution in [0.2, 0.25) is 5.02 Å². The molecule has 0 unspecified atom stereocenters. The molecule has 0 aliphatic carbocycles. The number of methoxy groups -OCH3 is 1. The van der Waals surface area contributed by atoms with Gasteiger partial charge in [0, 0.05) is 67.1 Å². The number of nitrogens with two attached hydrogens (primary N) is 1. The van der Waals surface area contributed by atoms with Crippen LogP contribution in [0, 0.1) is 0 Å². The largest absolute Gasteiger partial charge is 0.494 e. The van der Waals surface area contributed by atoms with Gasteiger partial charge in [-0.05, 0) is 38.2 Å². The predicted molar refractivity (Wildman–Crippen MR) is 158 cm³/mol. The number of para-hydroxylation sites is 1. The van der Waals surface area contributed by atoms with Crippen LogP contribution in [0.15, 0.2) is 54.9 Å². The highest BCUT2D eigenvalue weighted by molar-refractivity contribution is 6.33. The van der Waals surface area contributed by atoms with Crippen LogP contribution >= 0.6 is 11.6 Å². The minimum Gasteiger partial charge on any atom is -0.494 e. The quantitative estimate of drug-likeness (QED) is 0.325. The molecule has 1 aliphatic rings. The van der Waals surface area contributed by atoms with Gasteiger partial charge in [-0.3, -0.25) is 0 Å². The van der Waals surface area contributed by atoms with Gasteiger partial charge in [0.1, 0.15) is 5.75 Å². The van der Waals surface area contributed by atoms with Crippen molar-refractivity contribution in [1.82, 2.24) is 19.4 Å². The monoisotopic (exact) mass is 531 g/mol. The van der Waals surface area contributed by atoms with Crippen molar-refractivity contribution < 1.29 is 4.74 Å². The summed E-state index contributed by atoms with van der Waals surface area (Å²) in [5.74, 6) is 1.15. The number of aromatic nitrogens is 3. The van der Waals surface area contributed by atoms with E-state index < -0.39 is 0 Å². The zero-order valence-corrected chi connectivity index (χ0v) is 23.0. The number of halogens is 1. The lowest BCUT2D eigenvalue weighted by atomic mass is 10.1. The van der Waals surface area contributed by atoms with E-state index in [2.05, 4.69) is 69.1 Å². The van der Waals surface area contributed by atoms with E-state index in [4.69, 9.17) is 27.1 Å². The van der Waals surface area contributed by atoms with E-state index in [1.807, 2.05) is 31.5 Å². The van der Waals surface area contributed by atoms with E-state index in [0.29, 0.717) is 35.0 Å². The fourth-order valence-corrected chi connectivity index (χ4v) is 5.30. The molecule has 2 aromatic heterocycles. The maximum atomic E-state index is 6.60. The SMILES string of the molecule is COc1cc(N2CC[C@@H](N(C)C)C2)c(C=CCN)cc1Nc1ncc(Cl)c(-c2cn(C)c3ccccc23)n1. The van der Waals surface area contributed by atoms with E-state index in [1.54, 1.807) is 13.3 Å². The molecule has 4 aromatic rings. The summed E-state index contributed by atoms with van der Waals surface area (Å²) in [6, 6.07) is 12.9. The van der Waals surface area contributed by atoms with E-state index in [1.165, 1.54) is 0 Å². The van der Waals surface area contributed by atoms with Crippen LogP contribution in [0.1, 0.15) is 12.0 Å². The Bertz CT molecular complexity index is 1480. The number of hydrogen-bond acceptors (Lipinski definition) is 7. The van der Waals surface area contributed by atoms with Gasteiger partial charge < -0.3 is 30.2 Å².